The predicted octanol–water partition coefficient (Wildman–Crippen LogP) is 2.43. The molecule has 0 atom stereocenters. The Morgan fingerprint density at radius 3 is 2.65 bits per heavy atom. The van der Waals surface area contributed by atoms with Crippen LogP contribution in [0.2, 0.25) is 0 Å². The maximum absolute atomic E-state index is 12.6. The topological polar surface area (TPSA) is 52.2 Å². The Hall–Kier alpha value is -2.14. The molecule has 0 saturated carbocycles. The van der Waals surface area contributed by atoms with E-state index in [1.165, 1.54) is 16.7 Å². The monoisotopic (exact) mass is 352 g/mol. The zero-order chi connectivity index (χ0) is 17.8. The molecule has 1 amide bonds. The number of aromatic nitrogens is 2. The Kier molecular flexibility index (Phi) is 5.34. The Balaban J connectivity index is 1.25. The van der Waals surface area contributed by atoms with E-state index in [1.807, 2.05) is 12.4 Å². The van der Waals surface area contributed by atoms with Crippen molar-refractivity contribution < 1.29 is 4.79 Å². The number of hydrogen-bond donors (Lipinski definition) is 1. The number of aromatic amines is 1. The van der Waals surface area contributed by atoms with Crippen molar-refractivity contribution in [2.45, 2.75) is 44.6 Å². The number of H-pyrrole nitrogens is 1. The first-order valence-corrected chi connectivity index (χ1v) is 9.86. The number of amides is 1. The fraction of sp³-hybridized carbons (Fsp3) is 0.524. The molecule has 4 rings (SSSR count). The van der Waals surface area contributed by atoms with Gasteiger partial charge in [-0.2, -0.15) is 5.10 Å². The van der Waals surface area contributed by atoms with Crippen LogP contribution < -0.4 is 0 Å². The van der Waals surface area contributed by atoms with Crippen LogP contribution in [0.25, 0.3) is 0 Å². The fourth-order valence-corrected chi connectivity index (χ4v) is 4.36. The number of carbonyl (C=O) groups excluding carboxylic acids is 1. The Morgan fingerprint density at radius 2 is 1.92 bits per heavy atom. The van der Waals surface area contributed by atoms with Crippen LogP contribution in [0.1, 0.15) is 36.0 Å². The van der Waals surface area contributed by atoms with Crippen molar-refractivity contribution >= 4 is 5.91 Å². The molecule has 1 aliphatic heterocycles. The van der Waals surface area contributed by atoms with Crippen LogP contribution >= 0.6 is 0 Å². The molecule has 5 heteroatoms. The summed E-state index contributed by atoms with van der Waals surface area (Å²) in [5.41, 5.74) is 4.20. The van der Waals surface area contributed by atoms with Gasteiger partial charge in [0.25, 0.3) is 0 Å². The number of aryl methyl sites for hydroxylation is 1. The zero-order valence-electron chi connectivity index (χ0n) is 15.4. The van der Waals surface area contributed by atoms with Gasteiger partial charge in [-0.3, -0.25) is 14.8 Å². The van der Waals surface area contributed by atoms with E-state index >= 15 is 0 Å². The third kappa shape index (κ3) is 3.98. The van der Waals surface area contributed by atoms with Crippen molar-refractivity contribution in [2.75, 3.05) is 26.2 Å². The molecule has 2 heterocycles. The van der Waals surface area contributed by atoms with Gasteiger partial charge in [0.15, 0.2) is 0 Å². The Labute approximate surface area is 155 Å². The molecule has 1 aliphatic carbocycles. The van der Waals surface area contributed by atoms with Crippen LogP contribution in [0.15, 0.2) is 36.7 Å². The molecule has 2 aromatic rings. The largest absolute Gasteiger partial charge is 0.341 e. The maximum Gasteiger partial charge on any atom is 0.222 e. The highest BCUT2D eigenvalue weighted by Crippen LogP contribution is 2.26. The molecule has 1 fully saturated rings. The molecule has 2 aliphatic rings. The molecule has 0 unspecified atom stereocenters. The minimum absolute atomic E-state index is 0.310. The summed E-state index contributed by atoms with van der Waals surface area (Å²) in [5.74, 6) is 0.310. The number of rotatable bonds is 5. The third-order valence-corrected chi connectivity index (χ3v) is 5.84. The standard InChI is InChI=1S/C21H28N4O/c26-21(8-3-5-17-15-22-23-16-17)25-10-4-9-24(11-12-25)20-13-18-6-1-2-7-19(18)14-20/h1-2,6-7,15-16,20H,3-5,8-14H2,(H,22,23). The number of benzene rings is 1. The van der Waals surface area contributed by atoms with E-state index in [9.17, 15) is 4.79 Å². The van der Waals surface area contributed by atoms with E-state index in [2.05, 4.69) is 44.3 Å². The van der Waals surface area contributed by atoms with E-state index in [4.69, 9.17) is 0 Å². The highest BCUT2D eigenvalue weighted by molar-refractivity contribution is 5.76. The minimum Gasteiger partial charge on any atom is -0.341 e. The highest BCUT2D eigenvalue weighted by Gasteiger charge is 2.28. The molecular weight excluding hydrogens is 324 g/mol. The molecule has 138 valence electrons. The molecule has 5 nitrogen and oxygen atoms in total. The van der Waals surface area contributed by atoms with Crippen LogP contribution in [0.4, 0.5) is 0 Å². The van der Waals surface area contributed by atoms with Gasteiger partial charge >= 0.3 is 0 Å². The summed E-state index contributed by atoms with van der Waals surface area (Å²) in [6, 6.07) is 9.44. The van der Waals surface area contributed by atoms with Crippen molar-refractivity contribution in [3.05, 3.63) is 53.3 Å². The van der Waals surface area contributed by atoms with Gasteiger partial charge in [0.1, 0.15) is 0 Å². The Bertz CT molecular complexity index is 702. The van der Waals surface area contributed by atoms with E-state index in [0.717, 1.165) is 58.3 Å². The summed E-state index contributed by atoms with van der Waals surface area (Å²) >= 11 is 0. The first kappa shape index (κ1) is 17.3. The highest BCUT2D eigenvalue weighted by atomic mass is 16.2. The lowest BCUT2D eigenvalue weighted by Crippen LogP contribution is -2.40. The normalized spacial score (nSPS) is 18.7. The summed E-state index contributed by atoms with van der Waals surface area (Å²) in [6.07, 6.45) is 9.62. The van der Waals surface area contributed by atoms with Crippen molar-refractivity contribution in [3.63, 3.8) is 0 Å². The first-order valence-electron chi connectivity index (χ1n) is 9.86. The molecule has 0 radical (unpaired) electrons. The summed E-state index contributed by atoms with van der Waals surface area (Å²) < 4.78 is 0. The predicted molar refractivity (Wildman–Crippen MR) is 102 cm³/mol. The zero-order valence-corrected chi connectivity index (χ0v) is 15.4. The minimum atomic E-state index is 0.310. The van der Waals surface area contributed by atoms with Gasteiger partial charge in [-0.15, -0.1) is 0 Å². The molecule has 0 spiro atoms. The number of hydrogen-bond acceptors (Lipinski definition) is 3. The number of nitrogens with zero attached hydrogens (tertiary/aromatic N) is 3. The van der Waals surface area contributed by atoms with Crippen LogP contribution in [-0.2, 0) is 24.1 Å². The van der Waals surface area contributed by atoms with Crippen LogP contribution in [0, 0.1) is 0 Å². The van der Waals surface area contributed by atoms with Gasteiger partial charge in [0, 0.05) is 44.8 Å². The van der Waals surface area contributed by atoms with Gasteiger partial charge in [0.2, 0.25) is 5.91 Å². The summed E-state index contributed by atoms with van der Waals surface area (Å²) in [4.78, 5) is 17.3. The van der Waals surface area contributed by atoms with E-state index in [1.54, 1.807) is 0 Å². The van der Waals surface area contributed by atoms with Crippen LogP contribution in [0.3, 0.4) is 0 Å². The van der Waals surface area contributed by atoms with Gasteiger partial charge in [-0.25, -0.2) is 0 Å². The molecule has 1 aromatic heterocycles. The second-order valence-electron chi connectivity index (χ2n) is 7.56. The molecule has 1 saturated heterocycles. The van der Waals surface area contributed by atoms with Gasteiger partial charge in [-0.05, 0) is 48.8 Å². The summed E-state index contributed by atoms with van der Waals surface area (Å²) in [7, 11) is 0. The van der Waals surface area contributed by atoms with Gasteiger partial charge in [0.05, 0.1) is 6.20 Å². The molecule has 26 heavy (non-hydrogen) atoms. The molecule has 0 bridgehead atoms. The SMILES string of the molecule is O=C(CCCc1cn[nH]c1)N1CCCN(C2Cc3ccccc3C2)CC1. The molecular formula is C21H28N4O. The Morgan fingerprint density at radius 1 is 1.12 bits per heavy atom. The van der Waals surface area contributed by atoms with Crippen molar-refractivity contribution in [1.29, 1.82) is 0 Å². The average Bonchev–Trinajstić information content (AvgIpc) is 3.25. The first-order chi connectivity index (χ1) is 12.8. The van der Waals surface area contributed by atoms with Crippen molar-refractivity contribution in [1.82, 2.24) is 20.0 Å². The van der Waals surface area contributed by atoms with E-state index in [-0.39, 0.29) is 0 Å². The second-order valence-corrected chi connectivity index (χ2v) is 7.56. The smallest absolute Gasteiger partial charge is 0.222 e. The van der Waals surface area contributed by atoms with Crippen LogP contribution in [-0.4, -0.2) is 58.1 Å². The van der Waals surface area contributed by atoms with Crippen LogP contribution in [0.5, 0.6) is 0 Å². The quantitative estimate of drug-likeness (QED) is 0.899. The average molecular weight is 352 g/mol. The summed E-state index contributed by atoms with van der Waals surface area (Å²) in [6.45, 7) is 3.89. The number of fused-ring (bicyclic) bond motifs is 1. The number of nitrogens with one attached hydrogen (secondary N) is 1. The van der Waals surface area contributed by atoms with Gasteiger partial charge in [-0.1, -0.05) is 24.3 Å². The second kappa shape index (κ2) is 8.04. The van der Waals surface area contributed by atoms with E-state index < -0.39 is 0 Å². The maximum atomic E-state index is 12.6. The third-order valence-electron chi connectivity index (χ3n) is 5.84. The van der Waals surface area contributed by atoms with Gasteiger partial charge < -0.3 is 4.90 Å². The van der Waals surface area contributed by atoms with Crippen molar-refractivity contribution in [2.24, 2.45) is 0 Å². The number of carbonyl (C=O) groups is 1. The molecule has 1 aromatic carbocycles. The summed E-state index contributed by atoms with van der Waals surface area (Å²) in [5, 5.41) is 6.78. The lowest BCUT2D eigenvalue weighted by atomic mass is 10.1. The lowest BCUT2D eigenvalue weighted by Gasteiger charge is -2.27. The molecule has 1 N–H and O–H groups in total. The lowest BCUT2D eigenvalue weighted by molar-refractivity contribution is -0.131. The van der Waals surface area contributed by atoms with Crippen molar-refractivity contribution in [3.8, 4) is 0 Å². The van der Waals surface area contributed by atoms with E-state index in [0.29, 0.717) is 18.4 Å². The fourth-order valence-electron chi connectivity index (χ4n) is 4.36.